The van der Waals surface area contributed by atoms with Gasteiger partial charge in [0.25, 0.3) is 0 Å². The zero-order valence-corrected chi connectivity index (χ0v) is 14.1. The van der Waals surface area contributed by atoms with Crippen LogP contribution in [-0.2, 0) is 14.8 Å². The lowest BCUT2D eigenvalue weighted by atomic mass is 10.3. The second-order valence-electron chi connectivity index (χ2n) is 4.57. The maximum atomic E-state index is 12.1. The summed E-state index contributed by atoms with van der Waals surface area (Å²) in [6.45, 7) is 3.26. The summed E-state index contributed by atoms with van der Waals surface area (Å²) in [6, 6.07) is 7.46. The predicted molar refractivity (Wildman–Crippen MR) is 91.3 cm³/mol. The Hall–Kier alpha value is -2.48. The van der Waals surface area contributed by atoms with E-state index in [9.17, 15) is 8.42 Å². The van der Waals surface area contributed by atoms with E-state index in [0.29, 0.717) is 25.3 Å². The largest absolute Gasteiger partial charge is 0.382 e. The van der Waals surface area contributed by atoms with Crippen LogP contribution in [0.3, 0.4) is 0 Å². The number of nitrogens with two attached hydrogens (primary N) is 1. The molecule has 1 aromatic rings. The molecule has 0 radical (unpaired) electrons. The quantitative estimate of drug-likeness (QED) is 0.209. The summed E-state index contributed by atoms with van der Waals surface area (Å²) in [5.74, 6) is -0.458. The number of hydrazone groups is 1. The molecule has 0 aliphatic carbocycles. The Labute approximate surface area is 141 Å². The molecule has 0 saturated carbocycles. The topological polar surface area (TPSA) is 153 Å². The maximum absolute atomic E-state index is 12.1. The van der Waals surface area contributed by atoms with Crippen LogP contribution in [0.2, 0.25) is 0 Å². The lowest BCUT2D eigenvalue weighted by molar-refractivity contribution is 0.146. The summed E-state index contributed by atoms with van der Waals surface area (Å²) >= 11 is 0. The van der Waals surface area contributed by atoms with Gasteiger partial charge < -0.3 is 10.5 Å². The second kappa shape index (κ2) is 9.61. The molecule has 24 heavy (non-hydrogen) atoms. The van der Waals surface area contributed by atoms with Crippen molar-refractivity contribution in [3.8, 4) is 6.07 Å². The molecule has 0 bridgehead atoms. The van der Waals surface area contributed by atoms with Crippen LogP contribution in [-0.4, -0.2) is 39.7 Å². The van der Waals surface area contributed by atoms with Crippen LogP contribution in [0.25, 0.3) is 0 Å². The van der Waals surface area contributed by atoms with Gasteiger partial charge in [-0.05, 0) is 37.6 Å². The molecule has 0 aromatic heterocycles. The molecule has 0 saturated heterocycles. The minimum Gasteiger partial charge on any atom is -0.382 e. The number of benzene rings is 1. The van der Waals surface area contributed by atoms with Gasteiger partial charge in [-0.1, -0.05) is 0 Å². The molecule has 0 fully saturated rings. The fourth-order valence-corrected chi connectivity index (χ4v) is 2.66. The van der Waals surface area contributed by atoms with Gasteiger partial charge in [0, 0.05) is 19.8 Å². The average molecular weight is 352 g/mol. The Morgan fingerprint density at radius 2 is 2.08 bits per heavy atom. The molecular formula is C14H20N6O3S. The molecule has 0 spiro atoms. The summed E-state index contributed by atoms with van der Waals surface area (Å²) in [5, 5.41) is 19.5. The summed E-state index contributed by atoms with van der Waals surface area (Å²) in [6.07, 6.45) is 0.587. The number of hydrogen-bond acceptors (Lipinski definition) is 7. The van der Waals surface area contributed by atoms with Crippen molar-refractivity contribution in [3.05, 3.63) is 24.3 Å². The fraction of sp³-hybridized carbons (Fsp3) is 0.357. The van der Waals surface area contributed by atoms with Crippen LogP contribution in [0.15, 0.2) is 34.3 Å². The molecule has 0 atom stereocenters. The normalized spacial score (nSPS) is 11.8. The van der Waals surface area contributed by atoms with E-state index >= 15 is 0 Å². The van der Waals surface area contributed by atoms with Crippen LogP contribution in [0.1, 0.15) is 13.3 Å². The Kier molecular flexibility index (Phi) is 7.84. The molecule has 0 heterocycles. The van der Waals surface area contributed by atoms with Gasteiger partial charge in [0.2, 0.25) is 15.7 Å². The predicted octanol–water partition coefficient (Wildman–Crippen LogP) is 0.619. The van der Waals surface area contributed by atoms with Crippen molar-refractivity contribution in [3.63, 3.8) is 0 Å². The number of nitriles is 1. The first-order valence-corrected chi connectivity index (χ1v) is 8.64. The van der Waals surface area contributed by atoms with E-state index in [4.69, 9.17) is 21.1 Å². The van der Waals surface area contributed by atoms with Crippen molar-refractivity contribution >= 4 is 27.3 Å². The van der Waals surface area contributed by atoms with Gasteiger partial charge in [-0.2, -0.15) is 10.4 Å². The standard InChI is InChI=1S/C14H20N6O3S/c1-2-23-9-3-8-18-24(21,22)12-6-4-11(5-7-12)19-20-13(10-15)14(16)17/h4-7,18-19H,2-3,8-9H2,1H3,(H3,16,17)/b20-13+. The molecule has 0 amide bonds. The van der Waals surface area contributed by atoms with E-state index in [1.165, 1.54) is 24.3 Å². The second-order valence-corrected chi connectivity index (χ2v) is 6.34. The van der Waals surface area contributed by atoms with Gasteiger partial charge in [0.15, 0.2) is 5.84 Å². The van der Waals surface area contributed by atoms with E-state index in [-0.39, 0.29) is 17.2 Å². The average Bonchev–Trinajstić information content (AvgIpc) is 2.55. The maximum Gasteiger partial charge on any atom is 0.240 e. The van der Waals surface area contributed by atoms with Crippen LogP contribution < -0.4 is 15.9 Å². The number of ether oxygens (including phenoxy) is 1. The highest BCUT2D eigenvalue weighted by molar-refractivity contribution is 7.89. The van der Waals surface area contributed by atoms with Crippen LogP contribution in [0.4, 0.5) is 5.69 Å². The SMILES string of the molecule is CCOCCCNS(=O)(=O)c1ccc(N/N=C(\C#N)C(=N)N)cc1. The van der Waals surface area contributed by atoms with E-state index < -0.39 is 15.9 Å². The highest BCUT2D eigenvalue weighted by atomic mass is 32.2. The highest BCUT2D eigenvalue weighted by Crippen LogP contribution is 2.14. The first-order chi connectivity index (χ1) is 11.4. The van der Waals surface area contributed by atoms with Gasteiger partial charge >= 0.3 is 0 Å². The van der Waals surface area contributed by atoms with Crippen molar-refractivity contribution in [2.75, 3.05) is 25.2 Å². The van der Waals surface area contributed by atoms with Crippen molar-refractivity contribution in [2.45, 2.75) is 18.2 Å². The van der Waals surface area contributed by atoms with Crippen molar-refractivity contribution < 1.29 is 13.2 Å². The molecule has 1 aromatic carbocycles. The molecular weight excluding hydrogens is 332 g/mol. The smallest absolute Gasteiger partial charge is 0.240 e. The number of nitrogens with one attached hydrogen (secondary N) is 3. The summed E-state index contributed by atoms with van der Waals surface area (Å²) in [7, 11) is -3.59. The molecule has 1 rings (SSSR count). The third-order valence-electron chi connectivity index (χ3n) is 2.78. The van der Waals surface area contributed by atoms with E-state index in [1.54, 1.807) is 6.07 Å². The van der Waals surface area contributed by atoms with Crippen molar-refractivity contribution in [1.82, 2.24) is 4.72 Å². The molecule has 0 aliphatic heterocycles. The van der Waals surface area contributed by atoms with E-state index in [1.807, 2.05) is 6.92 Å². The fourth-order valence-electron chi connectivity index (χ4n) is 1.58. The minimum atomic E-state index is -3.59. The van der Waals surface area contributed by atoms with Gasteiger partial charge in [-0.25, -0.2) is 13.1 Å². The van der Waals surface area contributed by atoms with Gasteiger partial charge in [-0.3, -0.25) is 10.8 Å². The van der Waals surface area contributed by atoms with E-state index in [2.05, 4.69) is 15.2 Å². The highest BCUT2D eigenvalue weighted by Gasteiger charge is 2.12. The zero-order valence-electron chi connectivity index (χ0n) is 13.2. The summed E-state index contributed by atoms with van der Waals surface area (Å²) < 4.78 is 31.8. The number of hydrogen-bond donors (Lipinski definition) is 4. The van der Waals surface area contributed by atoms with Crippen LogP contribution >= 0.6 is 0 Å². The van der Waals surface area contributed by atoms with Gasteiger partial charge in [-0.15, -0.1) is 0 Å². The molecule has 5 N–H and O–H groups in total. The van der Waals surface area contributed by atoms with Crippen LogP contribution in [0, 0.1) is 16.7 Å². The third kappa shape index (κ3) is 6.33. The summed E-state index contributed by atoms with van der Waals surface area (Å²) in [4.78, 5) is 0.112. The first kappa shape index (κ1) is 19.6. The molecule has 0 aliphatic rings. The van der Waals surface area contributed by atoms with Gasteiger partial charge in [0.1, 0.15) is 6.07 Å². The van der Waals surface area contributed by atoms with Crippen molar-refractivity contribution in [2.24, 2.45) is 10.8 Å². The van der Waals surface area contributed by atoms with E-state index in [0.717, 1.165) is 0 Å². The third-order valence-corrected chi connectivity index (χ3v) is 4.26. The Balaban J connectivity index is 2.66. The molecule has 130 valence electrons. The number of nitrogens with zero attached hydrogens (tertiary/aromatic N) is 2. The molecule has 10 heteroatoms. The van der Waals surface area contributed by atoms with Gasteiger partial charge in [0.05, 0.1) is 10.6 Å². The number of rotatable bonds is 10. The Bertz CT molecular complexity index is 722. The Morgan fingerprint density at radius 3 is 2.62 bits per heavy atom. The number of amidine groups is 1. The monoisotopic (exact) mass is 352 g/mol. The lowest BCUT2D eigenvalue weighted by Gasteiger charge is -2.08. The number of anilines is 1. The molecule has 0 unspecified atom stereocenters. The minimum absolute atomic E-state index is 0.112. The summed E-state index contributed by atoms with van der Waals surface area (Å²) in [5.41, 5.74) is 7.89. The zero-order chi connectivity index (χ0) is 18.0. The molecule has 9 nitrogen and oxygen atoms in total. The van der Waals surface area contributed by atoms with Crippen molar-refractivity contribution in [1.29, 1.82) is 10.7 Å². The van der Waals surface area contributed by atoms with Crippen LogP contribution in [0.5, 0.6) is 0 Å². The first-order valence-electron chi connectivity index (χ1n) is 7.16. The Morgan fingerprint density at radius 1 is 1.42 bits per heavy atom. The lowest BCUT2D eigenvalue weighted by Crippen LogP contribution is -2.25. The number of sulfonamides is 1.